The number of fused-ring (bicyclic) bond motifs is 3. The quantitative estimate of drug-likeness (QED) is 0.623. The van der Waals surface area contributed by atoms with Crippen LogP contribution in [0.4, 0.5) is 0 Å². The second kappa shape index (κ2) is 5.10. The van der Waals surface area contributed by atoms with Gasteiger partial charge in [-0.05, 0) is 41.7 Å². The van der Waals surface area contributed by atoms with Gasteiger partial charge in [-0.2, -0.15) is 0 Å². The molecule has 0 spiro atoms. The van der Waals surface area contributed by atoms with E-state index < -0.39 is 0 Å². The highest BCUT2D eigenvalue weighted by Crippen LogP contribution is 2.35. The van der Waals surface area contributed by atoms with Gasteiger partial charge in [-0.15, -0.1) is 0 Å². The van der Waals surface area contributed by atoms with E-state index in [4.69, 9.17) is 4.42 Å². The Hall–Kier alpha value is -2.54. The predicted molar refractivity (Wildman–Crippen MR) is 86.9 cm³/mol. The fraction of sp³-hybridized carbons (Fsp3) is 0.100. The SMILES string of the molecule is C(=C\c1cc2c(o1)-c1ccccc1CC2)/c1ccccc1. The first kappa shape index (κ1) is 12.2. The van der Waals surface area contributed by atoms with Gasteiger partial charge < -0.3 is 4.42 Å². The lowest BCUT2D eigenvalue weighted by molar-refractivity contribution is 0.566. The summed E-state index contributed by atoms with van der Waals surface area (Å²) in [6, 6.07) is 21.0. The van der Waals surface area contributed by atoms with Crippen LogP contribution in [0.5, 0.6) is 0 Å². The summed E-state index contributed by atoms with van der Waals surface area (Å²) in [7, 11) is 0. The van der Waals surface area contributed by atoms with E-state index in [0.717, 1.165) is 24.4 Å². The summed E-state index contributed by atoms with van der Waals surface area (Å²) in [5.74, 6) is 1.98. The zero-order valence-corrected chi connectivity index (χ0v) is 11.8. The van der Waals surface area contributed by atoms with Crippen molar-refractivity contribution in [2.24, 2.45) is 0 Å². The maximum Gasteiger partial charge on any atom is 0.138 e. The smallest absolute Gasteiger partial charge is 0.138 e. The first-order valence-corrected chi connectivity index (χ1v) is 7.34. The molecule has 0 saturated heterocycles. The van der Waals surface area contributed by atoms with Crippen molar-refractivity contribution in [2.75, 3.05) is 0 Å². The molecule has 21 heavy (non-hydrogen) atoms. The van der Waals surface area contributed by atoms with Crippen LogP contribution < -0.4 is 0 Å². The van der Waals surface area contributed by atoms with Gasteiger partial charge in [-0.1, -0.05) is 60.7 Å². The molecule has 3 aromatic rings. The van der Waals surface area contributed by atoms with Gasteiger partial charge >= 0.3 is 0 Å². The van der Waals surface area contributed by atoms with E-state index in [9.17, 15) is 0 Å². The normalized spacial score (nSPS) is 13.1. The molecular formula is C20H16O. The molecule has 1 aliphatic carbocycles. The molecule has 1 heterocycles. The zero-order chi connectivity index (χ0) is 14.1. The Labute approximate surface area is 124 Å². The maximum absolute atomic E-state index is 6.07. The van der Waals surface area contributed by atoms with Crippen molar-refractivity contribution in [3.8, 4) is 11.3 Å². The molecule has 0 amide bonds. The van der Waals surface area contributed by atoms with Crippen LogP contribution in [0.15, 0.2) is 65.1 Å². The first-order chi connectivity index (χ1) is 10.4. The van der Waals surface area contributed by atoms with Crippen LogP contribution in [0.2, 0.25) is 0 Å². The molecule has 0 unspecified atom stereocenters. The molecule has 0 fully saturated rings. The van der Waals surface area contributed by atoms with Crippen LogP contribution in [0.25, 0.3) is 23.5 Å². The number of benzene rings is 2. The molecule has 2 aromatic carbocycles. The van der Waals surface area contributed by atoms with E-state index >= 15 is 0 Å². The lowest BCUT2D eigenvalue weighted by atomic mass is 9.91. The van der Waals surface area contributed by atoms with Crippen molar-refractivity contribution < 1.29 is 4.42 Å². The van der Waals surface area contributed by atoms with Crippen molar-refractivity contribution in [1.82, 2.24) is 0 Å². The summed E-state index contributed by atoms with van der Waals surface area (Å²) in [5.41, 5.74) is 5.14. The van der Waals surface area contributed by atoms with Gasteiger partial charge in [-0.3, -0.25) is 0 Å². The standard InChI is InChI=1S/C20H16O/c1-2-6-15(7-3-1)10-13-18-14-17-12-11-16-8-4-5-9-19(16)20(17)21-18/h1-10,13-14H,11-12H2/b13-10+. The molecule has 1 aromatic heterocycles. The second-order valence-corrected chi connectivity index (χ2v) is 5.40. The minimum Gasteiger partial charge on any atom is -0.456 e. The highest BCUT2D eigenvalue weighted by molar-refractivity contribution is 5.73. The van der Waals surface area contributed by atoms with Gasteiger partial charge in [0.25, 0.3) is 0 Å². The molecule has 4 rings (SSSR count). The lowest BCUT2D eigenvalue weighted by Gasteiger charge is -2.13. The van der Waals surface area contributed by atoms with Gasteiger partial charge in [0.2, 0.25) is 0 Å². The second-order valence-electron chi connectivity index (χ2n) is 5.40. The van der Waals surface area contributed by atoms with E-state index in [1.807, 2.05) is 18.2 Å². The number of hydrogen-bond donors (Lipinski definition) is 0. The van der Waals surface area contributed by atoms with Crippen molar-refractivity contribution >= 4 is 12.2 Å². The molecule has 0 radical (unpaired) electrons. The fourth-order valence-corrected chi connectivity index (χ4v) is 2.92. The van der Waals surface area contributed by atoms with Gasteiger partial charge in [0.05, 0.1) is 0 Å². The van der Waals surface area contributed by atoms with Crippen molar-refractivity contribution in [1.29, 1.82) is 0 Å². The average molecular weight is 272 g/mol. The average Bonchev–Trinajstić information content (AvgIpc) is 2.97. The summed E-state index contributed by atoms with van der Waals surface area (Å²) in [6.07, 6.45) is 6.31. The Morgan fingerprint density at radius 3 is 2.43 bits per heavy atom. The number of aryl methyl sites for hydroxylation is 2. The highest BCUT2D eigenvalue weighted by Gasteiger charge is 2.19. The molecule has 1 nitrogen and oxygen atoms in total. The molecule has 102 valence electrons. The third-order valence-electron chi connectivity index (χ3n) is 3.99. The van der Waals surface area contributed by atoms with Crippen LogP contribution in [0, 0.1) is 0 Å². The molecule has 0 saturated carbocycles. The van der Waals surface area contributed by atoms with Crippen molar-refractivity contribution in [3.05, 3.63) is 83.1 Å². The molecule has 1 heteroatoms. The molecule has 0 aliphatic heterocycles. The molecule has 0 atom stereocenters. The molecular weight excluding hydrogens is 256 g/mol. The van der Waals surface area contributed by atoms with Gasteiger partial charge in [0.1, 0.15) is 11.5 Å². The van der Waals surface area contributed by atoms with Crippen LogP contribution in [-0.4, -0.2) is 0 Å². The van der Waals surface area contributed by atoms with Crippen molar-refractivity contribution in [3.63, 3.8) is 0 Å². The van der Waals surface area contributed by atoms with E-state index in [-0.39, 0.29) is 0 Å². The van der Waals surface area contributed by atoms with Crippen molar-refractivity contribution in [2.45, 2.75) is 12.8 Å². The topological polar surface area (TPSA) is 13.1 Å². The zero-order valence-electron chi connectivity index (χ0n) is 11.8. The maximum atomic E-state index is 6.07. The Balaban J connectivity index is 1.69. The fourth-order valence-electron chi connectivity index (χ4n) is 2.92. The minimum absolute atomic E-state index is 0.931. The van der Waals surface area contributed by atoms with Gasteiger partial charge in [-0.25, -0.2) is 0 Å². The van der Waals surface area contributed by atoms with E-state index in [2.05, 4.69) is 54.6 Å². The summed E-state index contributed by atoms with van der Waals surface area (Å²) in [5, 5.41) is 0. The number of furan rings is 1. The monoisotopic (exact) mass is 272 g/mol. The molecule has 1 aliphatic rings. The highest BCUT2D eigenvalue weighted by atomic mass is 16.3. The minimum atomic E-state index is 0.931. The summed E-state index contributed by atoms with van der Waals surface area (Å²) >= 11 is 0. The largest absolute Gasteiger partial charge is 0.456 e. The van der Waals surface area contributed by atoms with Crippen LogP contribution in [0.3, 0.4) is 0 Å². The van der Waals surface area contributed by atoms with E-state index in [0.29, 0.717) is 0 Å². The van der Waals surface area contributed by atoms with E-state index in [1.165, 1.54) is 22.3 Å². The molecule has 0 N–H and O–H groups in total. The van der Waals surface area contributed by atoms with E-state index in [1.54, 1.807) is 0 Å². The Bertz CT molecular complexity index is 794. The third-order valence-corrected chi connectivity index (χ3v) is 3.99. The van der Waals surface area contributed by atoms with Crippen LogP contribution in [0.1, 0.15) is 22.5 Å². The Kier molecular flexibility index (Phi) is 2.97. The third kappa shape index (κ3) is 2.31. The summed E-state index contributed by atoms with van der Waals surface area (Å²) in [6.45, 7) is 0. The van der Waals surface area contributed by atoms with Gasteiger partial charge in [0, 0.05) is 5.56 Å². The summed E-state index contributed by atoms with van der Waals surface area (Å²) < 4.78 is 6.07. The lowest BCUT2D eigenvalue weighted by Crippen LogP contribution is -2.00. The summed E-state index contributed by atoms with van der Waals surface area (Å²) in [4.78, 5) is 0. The predicted octanol–water partition coefficient (Wildman–Crippen LogP) is 5.22. The Morgan fingerprint density at radius 1 is 0.762 bits per heavy atom. The first-order valence-electron chi connectivity index (χ1n) is 7.34. The van der Waals surface area contributed by atoms with Gasteiger partial charge in [0.15, 0.2) is 0 Å². The number of rotatable bonds is 2. The number of hydrogen-bond acceptors (Lipinski definition) is 1. The Morgan fingerprint density at radius 2 is 1.52 bits per heavy atom. The molecule has 0 bridgehead atoms. The van der Waals surface area contributed by atoms with Crippen LogP contribution in [-0.2, 0) is 12.8 Å². The van der Waals surface area contributed by atoms with Crippen LogP contribution >= 0.6 is 0 Å².